The van der Waals surface area contributed by atoms with Gasteiger partial charge in [0.15, 0.2) is 6.61 Å². The molecule has 0 radical (unpaired) electrons. The van der Waals surface area contributed by atoms with Gasteiger partial charge in [0.05, 0.1) is 0 Å². The highest BCUT2D eigenvalue weighted by Gasteiger charge is 2.17. The van der Waals surface area contributed by atoms with E-state index in [0.29, 0.717) is 0 Å². The number of aryl methyl sites for hydroxylation is 1. The van der Waals surface area contributed by atoms with Crippen molar-refractivity contribution in [3.05, 3.63) is 60.2 Å². The van der Waals surface area contributed by atoms with Gasteiger partial charge in [0.2, 0.25) is 0 Å². The van der Waals surface area contributed by atoms with Gasteiger partial charge in [-0.25, -0.2) is 0 Å². The maximum Gasteiger partial charge on any atom is 0.319 e. The van der Waals surface area contributed by atoms with Crippen LogP contribution in [0.25, 0.3) is 0 Å². The summed E-state index contributed by atoms with van der Waals surface area (Å²) in [6.45, 7) is 3.38. The predicted octanol–water partition coefficient (Wildman–Crippen LogP) is 3.66. The number of benzene rings is 2. The Balaban J connectivity index is 1.79. The topological polar surface area (TPSA) is 55.4 Å². The molecule has 0 saturated heterocycles. The summed E-state index contributed by atoms with van der Waals surface area (Å²) in [7, 11) is 0. The van der Waals surface area contributed by atoms with Crippen molar-refractivity contribution < 1.29 is 14.3 Å². The lowest BCUT2D eigenvalue weighted by Gasteiger charge is -2.12. The summed E-state index contributed by atoms with van der Waals surface area (Å²) in [6, 6.07) is 17.1. The largest absolute Gasteiger partial charge is 0.455 e. The zero-order valence-corrected chi connectivity index (χ0v) is 13.9. The van der Waals surface area contributed by atoms with E-state index in [-0.39, 0.29) is 17.8 Å². The molecule has 0 bridgehead atoms. The molecule has 0 aliphatic carbocycles. The summed E-state index contributed by atoms with van der Waals surface area (Å²) in [4.78, 5) is 24.8. The Morgan fingerprint density at radius 2 is 1.74 bits per heavy atom. The van der Waals surface area contributed by atoms with E-state index in [9.17, 15) is 9.59 Å². The molecule has 0 unspecified atom stereocenters. The lowest BCUT2D eigenvalue weighted by Crippen LogP contribution is -2.25. The third-order valence-corrected chi connectivity index (χ3v) is 4.24. The molecule has 0 heterocycles. The Morgan fingerprint density at radius 3 is 2.43 bits per heavy atom. The van der Waals surface area contributed by atoms with Gasteiger partial charge in [0.1, 0.15) is 5.25 Å². The molecular formula is C18H19NO3S. The van der Waals surface area contributed by atoms with Gasteiger partial charge in [-0.3, -0.25) is 9.59 Å². The first-order valence-electron chi connectivity index (χ1n) is 7.30. The normalized spacial score (nSPS) is 11.6. The Labute approximate surface area is 140 Å². The maximum atomic E-state index is 11.9. The van der Waals surface area contributed by atoms with Crippen LogP contribution in [0.15, 0.2) is 59.5 Å². The lowest BCUT2D eigenvalue weighted by atomic mass is 10.2. The summed E-state index contributed by atoms with van der Waals surface area (Å²) in [5, 5.41) is 2.36. The molecule has 120 valence electrons. The fraction of sp³-hybridized carbons (Fsp3) is 0.222. The molecule has 0 saturated carbocycles. The highest BCUT2D eigenvalue weighted by Crippen LogP contribution is 2.23. The van der Waals surface area contributed by atoms with Crippen LogP contribution in [0.3, 0.4) is 0 Å². The first kappa shape index (κ1) is 17.1. The van der Waals surface area contributed by atoms with Gasteiger partial charge in [-0.1, -0.05) is 36.4 Å². The third-order valence-electron chi connectivity index (χ3n) is 3.15. The average molecular weight is 329 g/mol. The van der Waals surface area contributed by atoms with Crippen LogP contribution in [-0.2, 0) is 14.3 Å². The summed E-state index contributed by atoms with van der Waals surface area (Å²) in [5.41, 5.74) is 1.68. The van der Waals surface area contributed by atoms with Crippen LogP contribution in [0.1, 0.15) is 12.5 Å². The zero-order chi connectivity index (χ0) is 16.7. The SMILES string of the molecule is Cc1ccccc1NC(=O)COC(=O)[C@H](C)Sc1ccccc1. The first-order valence-corrected chi connectivity index (χ1v) is 8.18. The van der Waals surface area contributed by atoms with E-state index in [0.717, 1.165) is 16.1 Å². The van der Waals surface area contributed by atoms with Crippen LogP contribution in [0.4, 0.5) is 5.69 Å². The van der Waals surface area contributed by atoms with Crippen molar-refractivity contribution in [2.45, 2.75) is 24.0 Å². The van der Waals surface area contributed by atoms with Crippen LogP contribution in [0.2, 0.25) is 0 Å². The number of hydrogen-bond acceptors (Lipinski definition) is 4. The highest BCUT2D eigenvalue weighted by molar-refractivity contribution is 8.00. The van der Waals surface area contributed by atoms with Crippen LogP contribution in [-0.4, -0.2) is 23.7 Å². The number of nitrogens with one attached hydrogen (secondary N) is 1. The minimum atomic E-state index is -0.404. The van der Waals surface area contributed by atoms with Crippen molar-refractivity contribution in [2.24, 2.45) is 0 Å². The molecule has 1 atom stereocenters. The van der Waals surface area contributed by atoms with Crippen molar-refractivity contribution in [2.75, 3.05) is 11.9 Å². The molecule has 2 aromatic rings. The van der Waals surface area contributed by atoms with Crippen molar-refractivity contribution >= 4 is 29.3 Å². The predicted molar refractivity (Wildman–Crippen MR) is 92.5 cm³/mol. The molecule has 5 heteroatoms. The fourth-order valence-electron chi connectivity index (χ4n) is 1.90. The van der Waals surface area contributed by atoms with Crippen LogP contribution >= 0.6 is 11.8 Å². The van der Waals surface area contributed by atoms with E-state index < -0.39 is 5.97 Å². The van der Waals surface area contributed by atoms with Crippen LogP contribution in [0.5, 0.6) is 0 Å². The van der Waals surface area contributed by atoms with Gasteiger partial charge in [0, 0.05) is 10.6 Å². The molecule has 0 aromatic heterocycles. The lowest BCUT2D eigenvalue weighted by molar-refractivity contribution is -0.146. The van der Waals surface area contributed by atoms with Gasteiger partial charge in [-0.2, -0.15) is 0 Å². The number of hydrogen-bond donors (Lipinski definition) is 1. The number of thioether (sulfide) groups is 1. The fourth-order valence-corrected chi connectivity index (χ4v) is 2.79. The third kappa shape index (κ3) is 5.45. The van der Waals surface area contributed by atoms with E-state index in [2.05, 4.69) is 5.32 Å². The number of para-hydroxylation sites is 1. The molecule has 23 heavy (non-hydrogen) atoms. The molecule has 0 aliphatic rings. The number of rotatable bonds is 6. The molecule has 0 spiro atoms. The summed E-state index contributed by atoms with van der Waals surface area (Å²) >= 11 is 1.40. The number of carbonyl (C=O) groups excluding carboxylic acids is 2. The zero-order valence-electron chi connectivity index (χ0n) is 13.1. The van der Waals surface area contributed by atoms with E-state index in [1.165, 1.54) is 11.8 Å². The molecular weight excluding hydrogens is 310 g/mol. The number of ether oxygens (including phenoxy) is 1. The van der Waals surface area contributed by atoms with Gasteiger partial charge in [0.25, 0.3) is 5.91 Å². The summed E-state index contributed by atoms with van der Waals surface area (Å²) in [6.07, 6.45) is 0. The molecule has 4 nitrogen and oxygen atoms in total. The highest BCUT2D eigenvalue weighted by atomic mass is 32.2. The number of esters is 1. The Morgan fingerprint density at radius 1 is 1.09 bits per heavy atom. The van der Waals surface area contributed by atoms with Crippen LogP contribution < -0.4 is 5.32 Å². The van der Waals surface area contributed by atoms with Crippen molar-refractivity contribution in [1.82, 2.24) is 0 Å². The quantitative estimate of drug-likeness (QED) is 0.649. The van der Waals surface area contributed by atoms with Crippen molar-refractivity contribution in [1.29, 1.82) is 0 Å². The van der Waals surface area contributed by atoms with E-state index >= 15 is 0 Å². The second-order valence-electron chi connectivity index (χ2n) is 5.04. The standard InChI is InChI=1S/C18H19NO3S/c1-13-8-6-7-11-16(13)19-17(20)12-22-18(21)14(2)23-15-9-4-3-5-10-15/h3-11,14H,12H2,1-2H3,(H,19,20)/t14-/m0/s1. The van der Waals surface area contributed by atoms with Gasteiger partial charge >= 0.3 is 5.97 Å². The average Bonchev–Trinajstić information content (AvgIpc) is 2.55. The van der Waals surface area contributed by atoms with Crippen LogP contribution in [0, 0.1) is 6.92 Å². The Bertz CT molecular complexity index is 673. The van der Waals surface area contributed by atoms with E-state index in [1.54, 1.807) is 6.92 Å². The summed E-state index contributed by atoms with van der Waals surface area (Å²) in [5.74, 6) is -0.747. The number of amides is 1. The first-order chi connectivity index (χ1) is 11.1. The van der Waals surface area contributed by atoms with Gasteiger partial charge in [-0.15, -0.1) is 11.8 Å². The van der Waals surface area contributed by atoms with Crippen molar-refractivity contribution in [3.63, 3.8) is 0 Å². The smallest absolute Gasteiger partial charge is 0.319 e. The Kier molecular flexibility index (Phi) is 6.23. The van der Waals surface area contributed by atoms with E-state index in [4.69, 9.17) is 4.74 Å². The second kappa shape index (κ2) is 8.39. The summed E-state index contributed by atoms with van der Waals surface area (Å²) < 4.78 is 5.08. The molecule has 0 aliphatic heterocycles. The maximum absolute atomic E-state index is 11.9. The minimum Gasteiger partial charge on any atom is -0.455 e. The second-order valence-corrected chi connectivity index (χ2v) is 6.46. The van der Waals surface area contributed by atoms with Crippen molar-refractivity contribution in [3.8, 4) is 0 Å². The molecule has 1 amide bonds. The Hall–Kier alpha value is -2.27. The molecule has 1 N–H and O–H groups in total. The molecule has 2 rings (SSSR count). The molecule has 0 fully saturated rings. The number of carbonyl (C=O) groups is 2. The van der Waals surface area contributed by atoms with E-state index in [1.807, 2.05) is 61.5 Å². The number of anilines is 1. The molecule has 2 aromatic carbocycles. The minimum absolute atomic E-state index is 0.285. The monoisotopic (exact) mass is 329 g/mol. The van der Waals surface area contributed by atoms with Gasteiger partial charge < -0.3 is 10.1 Å². The van der Waals surface area contributed by atoms with Gasteiger partial charge in [-0.05, 0) is 37.6 Å².